The normalized spacial score (nSPS) is 18.7. The number of anilines is 1. The van der Waals surface area contributed by atoms with Crippen LogP contribution < -0.4 is 16.2 Å². The van der Waals surface area contributed by atoms with Crippen molar-refractivity contribution >= 4 is 57.7 Å². The van der Waals surface area contributed by atoms with Crippen molar-refractivity contribution in [1.29, 1.82) is 0 Å². The van der Waals surface area contributed by atoms with Crippen LogP contribution in [0.25, 0.3) is 11.7 Å². The molecule has 2 aromatic rings. The SMILES string of the molecule is C=CCN1C(=O)/C(=C/c2c(N3CCC(C(N)=O)CC3)nc3c(C)cccn3c2=O)SC1=S. The van der Waals surface area contributed by atoms with Gasteiger partial charge in [-0.3, -0.25) is 23.7 Å². The molecule has 0 aliphatic carbocycles. The Labute approximate surface area is 194 Å². The summed E-state index contributed by atoms with van der Waals surface area (Å²) in [4.78, 5) is 46.6. The summed E-state index contributed by atoms with van der Waals surface area (Å²) < 4.78 is 1.92. The number of hydrogen-bond acceptors (Lipinski definition) is 7. The molecular formula is C22H23N5O3S2. The Bertz CT molecular complexity index is 1230. The third-order valence-corrected chi connectivity index (χ3v) is 7.10. The monoisotopic (exact) mass is 469 g/mol. The molecule has 2 amide bonds. The zero-order chi connectivity index (χ0) is 23.0. The van der Waals surface area contributed by atoms with E-state index in [1.165, 1.54) is 9.30 Å². The summed E-state index contributed by atoms with van der Waals surface area (Å²) in [7, 11) is 0. The number of thioether (sulfide) groups is 1. The second-order valence-electron chi connectivity index (χ2n) is 7.78. The average Bonchev–Trinajstić information content (AvgIpc) is 3.04. The number of amides is 2. The first-order chi connectivity index (χ1) is 15.3. The average molecular weight is 470 g/mol. The van der Waals surface area contributed by atoms with Gasteiger partial charge in [0.05, 0.1) is 10.5 Å². The molecule has 32 heavy (non-hydrogen) atoms. The van der Waals surface area contributed by atoms with E-state index in [2.05, 4.69) is 6.58 Å². The minimum atomic E-state index is -0.307. The van der Waals surface area contributed by atoms with Crippen LogP contribution in [0.5, 0.6) is 0 Å². The van der Waals surface area contributed by atoms with Gasteiger partial charge in [-0.15, -0.1) is 6.58 Å². The van der Waals surface area contributed by atoms with Gasteiger partial charge in [-0.25, -0.2) is 4.98 Å². The molecule has 0 spiro atoms. The van der Waals surface area contributed by atoms with Gasteiger partial charge in [-0.2, -0.15) is 0 Å². The quantitative estimate of drug-likeness (QED) is 0.406. The van der Waals surface area contributed by atoms with Crippen LogP contribution in [0.3, 0.4) is 0 Å². The fourth-order valence-corrected chi connectivity index (χ4v) is 5.22. The molecule has 8 nitrogen and oxygen atoms in total. The van der Waals surface area contributed by atoms with E-state index in [1.807, 2.05) is 17.9 Å². The molecule has 2 aromatic heterocycles. The lowest BCUT2D eigenvalue weighted by Crippen LogP contribution is -2.40. The predicted molar refractivity (Wildman–Crippen MR) is 130 cm³/mol. The molecule has 2 aliphatic heterocycles. The maximum Gasteiger partial charge on any atom is 0.267 e. The number of primary amides is 1. The molecule has 10 heteroatoms. The molecular weight excluding hydrogens is 446 g/mol. The summed E-state index contributed by atoms with van der Waals surface area (Å²) in [5.41, 5.74) is 6.95. The van der Waals surface area contributed by atoms with E-state index in [0.717, 1.165) is 17.3 Å². The number of thiocarbonyl (C=S) groups is 1. The Hall–Kier alpha value is -2.98. The first-order valence-corrected chi connectivity index (χ1v) is 11.5. The van der Waals surface area contributed by atoms with Gasteiger partial charge < -0.3 is 10.6 Å². The molecule has 0 aromatic carbocycles. The molecule has 4 rings (SSSR count). The number of rotatable bonds is 5. The molecule has 2 saturated heterocycles. The minimum absolute atomic E-state index is 0.187. The molecule has 2 fully saturated rings. The molecule has 0 unspecified atom stereocenters. The van der Waals surface area contributed by atoms with Gasteiger partial charge in [0.1, 0.15) is 15.8 Å². The highest BCUT2D eigenvalue weighted by Gasteiger charge is 2.33. The van der Waals surface area contributed by atoms with Crippen LogP contribution in [0.4, 0.5) is 5.82 Å². The van der Waals surface area contributed by atoms with Crippen LogP contribution in [0.2, 0.25) is 0 Å². The second-order valence-corrected chi connectivity index (χ2v) is 9.46. The highest BCUT2D eigenvalue weighted by Crippen LogP contribution is 2.34. The zero-order valence-corrected chi connectivity index (χ0v) is 19.2. The largest absolute Gasteiger partial charge is 0.369 e. The minimum Gasteiger partial charge on any atom is -0.369 e. The van der Waals surface area contributed by atoms with Crippen LogP contribution >= 0.6 is 24.0 Å². The standard InChI is InChI=1S/C22H23N5O3S2/c1-3-8-27-21(30)16(32-22(27)31)12-15-19(25-10-6-14(7-11-25)17(23)28)24-18-13(2)5-4-9-26(18)20(15)29/h3-5,9,12,14H,1,6-8,10-11H2,2H3,(H2,23,28)/b16-12-. The van der Waals surface area contributed by atoms with Gasteiger partial charge in [0.15, 0.2) is 0 Å². The van der Waals surface area contributed by atoms with Gasteiger partial charge in [0, 0.05) is 31.7 Å². The Morgan fingerprint density at radius 3 is 2.75 bits per heavy atom. The Kier molecular flexibility index (Phi) is 6.16. The Morgan fingerprint density at radius 2 is 2.09 bits per heavy atom. The number of aromatic nitrogens is 2. The number of aryl methyl sites for hydroxylation is 1. The van der Waals surface area contributed by atoms with Crippen molar-refractivity contribution in [2.75, 3.05) is 24.5 Å². The number of fused-ring (bicyclic) bond motifs is 1. The number of nitrogens with zero attached hydrogens (tertiary/aromatic N) is 4. The zero-order valence-electron chi connectivity index (χ0n) is 17.6. The van der Waals surface area contributed by atoms with Crippen molar-refractivity contribution in [2.24, 2.45) is 11.7 Å². The number of carbonyl (C=O) groups is 2. The number of carbonyl (C=O) groups excluding carboxylic acids is 2. The summed E-state index contributed by atoms with van der Waals surface area (Å²) in [6.45, 7) is 6.95. The van der Waals surface area contributed by atoms with E-state index in [-0.39, 0.29) is 23.3 Å². The van der Waals surface area contributed by atoms with Gasteiger partial charge in [-0.1, -0.05) is 36.1 Å². The smallest absolute Gasteiger partial charge is 0.267 e. The van der Waals surface area contributed by atoms with Crippen LogP contribution in [-0.2, 0) is 9.59 Å². The van der Waals surface area contributed by atoms with E-state index in [9.17, 15) is 14.4 Å². The number of nitrogens with two attached hydrogens (primary N) is 1. The van der Waals surface area contributed by atoms with E-state index in [0.29, 0.717) is 58.7 Å². The lowest BCUT2D eigenvalue weighted by molar-refractivity contribution is -0.122. The molecule has 0 saturated carbocycles. The summed E-state index contributed by atoms with van der Waals surface area (Å²) in [6.07, 6.45) is 6.04. The highest BCUT2D eigenvalue weighted by molar-refractivity contribution is 8.26. The molecule has 0 bridgehead atoms. The molecule has 4 heterocycles. The van der Waals surface area contributed by atoms with Gasteiger partial charge in [0.25, 0.3) is 11.5 Å². The summed E-state index contributed by atoms with van der Waals surface area (Å²) in [6, 6.07) is 3.68. The van der Waals surface area contributed by atoms with E-state index >= 15 is 0 Å². The topological polar surface area (TPSA) is 101 Å². The maximum absolute atomic E-state index is 13.5. The predicted octanol–water partition coefficient (Wildman–Crippen LogP) is 2.09. The van der Waals surface area contributed by atoms with Crippen LogP contribution in [0.1, 0.15) is 24.0 Å². The Morgan fingerprint density at radius 1 is 1.38 bits per heavy atom. The highest BCUT2D eigenvalue weighted by atomic mass is 32.2. The van der Waals surface area contributed by atoms with Crippen molar-refractivity contribution < 1.29 is 9.59 Å². The maximum atomic E-state index is 13.5. The van der Waals surface area contributed by atoms with Gasteiger partial charge in [0.2, 0.25) is 5.91 Å². The van der Waals surface area contributed by atoms with Crippen molar-refractivity contribution in [1.82, 2.24) is 14.3 Å². The van der Waals surface area contributed by atoms with E-state index in [4.69, 9.17) is 22.9 Å². The molecule has 0 radical (unpaired) electrons. The van der Waals surface area contributed by atoms with Crippen molar-refractivity contribution in [3.05, 3.63) is 57.4 Å². The summed E-state index contributed by atoms with van der Waals surface area (Å²) in [5, 5.41) is 0. The fourth-order valence-electron chi connectivity index (χ4n) is 3.96. The molecule has 166 valence electrons. The van der Waals surface area contributed by atoms with Crippen LogP contribution in [-0.4, -0.2) is 50.1 Å². The summed E-state index contributed by atoms with van der Waals surface area (Å²) in [5.74, 6) is -0.250. The third-order valence-electron chi connectivity index (χ3n) is 5.72. The van der Waals surface area contributed by atoms with E-state index in [1.54, 1.807) is 24.4 Å². The number of hydrogen-bond donors (Lipinski definition) is 1. The molecule has 2 N–H and O–H groups in total. The lowest BCUT2D eigenvalue weighted by Gasteiger charge is -2.32. The van der Waals surface area contributed by atoms with E-state index < -0.39 is 0 Å². The van der Waals surface area contributed by atoms with Crippen LogP contribution in [0.15, 0.2) is 40.7 Å². The Balaban J connectivity index is 1.83. The first kappa shape index (κ1) is 22.2. The van der Waals surface area contributed by atoms with Gasteiger partial charge >= 0.3 is 0 Å². The van der Waals surface area contributed by atoms with Crippen LogP contribution in [0, 0.1) is 12.8 Å². The lowest BCUT2D eigenvalue weighted by atomic mass is 9.96. The third kappa shape index (κ3) is 3.95. The fraction of sp³-hybridized carbons (Fsp3) is 0.318. The van der Waals surface area contributed by atoms with Crippen molar-refractivity contribution in [3.63, 3.8) is 0 Å². The number of piperidine rings is 1. The number of pyridine rings is 1. The summed E-state index contributed by atoms with van der Waals surface area (Å²) >= 11 is 6.48. The molecule has 0 atom stereocenters. The second kappa shape index (κ2) is 8.87. The first-order valence-electron chi connectivity index (χ1n) is 10.2. The van der Waals surface area contributed by atoms with Crippen molar-refractivity contribution in [3.8, 4) is 0 Å². The van der Waals surface area contributed by atoms with Crippen molar-refractivity contribution in [2.45, 2.75) is 19.8 Å². The molecule has 2 aliphatic rings. The van der Waals surface area contributed by atoms with Gasteiger partial charge in [-0.05, 0) is 37.5 Å².